The molecule has 1 heterocycles. The average Bonchev–Trinajstić information content (AvgIpc) is 3.43. The Labute approximate surface area is 198 Å². The first kappa shape index (κ1) is 24.4. The topological polar surface area (TPSA) is 86.7 Å². The lowest BCUT2D eigenvalue weighted by molar-refractivity contribution is 0.0860. The highest BCUT2D eigenvalue weighted by molar-refractivity contribution is 5.38. The van der Waals surface area contributed by atoms with Crippen molar-refractivity contribution in [1.82, 2.24) is 4.98 Å². The van der Waals surface area contributed by atoms with Crippen molar-refractivity contribution in [3.63, 3.8) is 0 Å². The standard InChI is InChI=1S/C28H41NO4/c1-18(6-4-8-26(31)25-16-33-17-29-25)23-11-12-24-20(7-5-13-28(23,24)3)9-10-21-14-22(30)15-27(32)19(21)2/h9-10,16-18,22-24,26-27,30-32H,2,4-8,11-15H2,1,3H3/b20-9+,21-10-/t18-,22+,23+,24-,26-,27-,28+/m0/s1. The molecule has 3 aliphatic rings. The van der Waals surface area contributed by atoms with Crippen LogP contribution in [-0.4, -0.2) is 32.5 Å². The summed E-state index contributed by atoms with van der Waals surface area (Å²) in [5, 5.41) is 30.5. The van der Waals surface area contributed by atoms with Crippen molar-refractivity contribution in [2.24, 2.45) is 23.2 Å². The Morgan fingerprint density at radius 2 is 2.09 bits per heavy atom. The maximum absolute atomic E-state index is 10.3. The molecule has 0 aromatic carbocycles. The molecule has 3 fully saturated rings. The van der Waals surface area contributed by atoms with Crippen LogP contribution < -0.4 is 0 Å². The van der Waals surface area contributed by atoms with Crippen LogP contribution >= 0.6 is 0 Å². The van der Waals surface area contributed by atoms with Crippen LogP contribution in [-0.2, 0) is 0 Å². The maximum atomic E-state index is 10.3. The van der Waals surface area contributed by atoms with E-state index in [1.165, 1.54) is 43.9 Å². The van der Waals surface area contributed by atoms with Crippen LogP contribution in [0.2, 0.25) is 0 Å². The minimum absolute atomic E-state index is 0.329. The molecular weight excluding hydrogens is 414 g/mol. The fraction of sp³-hybridized carbons (Fsp3) is 0.679. The van der Waals surface area contributed by atoms with E-state index in [1.807, 2.05) is 0 Å². The highest BCUT2D eigenvalue weighted by Crippen LogP contribution is 2.60. The first-order valence-corrected chi connectivity index (χ1v) is 12.8. The average molecular weight is 456 g/mol. The Bertz CT molecular complexity index is 872. The van der Waals surface area contributed by atoms with Crippen LogP contribution in [0.5, 0.6) is 0 Å². The second-order valence-electron chi connectivity index (χ2n) is 11.0. The fourth-order valence-corrected chi connectivity index (χ4v) is 7.05. The van der Waals surface area contributed by atoms with Crippen LogP contribution in [0.4, 0.5) is 0 Å². The molecule has 182 valence electrons. The number of nitrogens with zero attached hydrogens (tertiary/aromatic N) is 1. The van der Waals surface area contributed by atoms with E-state index in [-0.39, 0.29) is 0 Å². The number of aliphatic hydroxyl groups is 3. The molecule has 5 heteroatoms. The number of oxazole rings is 1. The van der Waals surface area contributed by atoms with Gasteiger partial charge in [-0.05, 0) is 79.3 Å². The number of aromatic nitrogens is 1. The number of allylic oxidation sites excluding steroid dienone is 3. The zero-order valence-electron chi connectivity index (χ0n) is 20.2. The van der Waals surface area contributed by atoms with Crippen LogP contribution in [0.25, 0.3) is 0 Å². The zero-order valence-corrected chi connectivity index (χ0v) is 20.2. The Balaban J connectivity index is 1.39. The monoisotopic (exact) mass is 455 g/mol. The summed E-state index contributed by atoms with van der Waals surface area (Å²) in [7, 11) is 0. The third-order valence-electron chi connectivity index (χ3n) is 8.92. The van der Waals surface area contributed by atoms with Gasteiger partial charge in [-0.25, -0.2) is 4.98 Å². The number of aliphatic hydroxyl groups excluding tert-OH is 3. The predicted molar refractivity (Wildman–Crippen MR) is 129 cm³/mol. The first-order chi connectivity index (χ1) is 15.8. The fourth-order valence-electron chi connectivity index (χ4n) is 7.05. The second-order valence-corrected chi connectivity index (χ2v) is 11.0. The van der Waals surface area contributed by atoms with Gasteiger partial charge in [-0.3, -0.25) is 0 Å². The minimum atomic E-state index is -0.630. The molecule has 1 aromatic heterocycles. The molecule has 3 aliphatic carbocycles. The van der Waals surface area contributed by atoms with Crippen LogP contribution in [0.1, 0.15) is 89.9 Å². The summed E-state index contributed by atoms with van der Waals surface area (Å²) < 4.78 is 4.99. The highest BCUT2D eigenvalue weighted by Gasteiger charge is 2.50. The van der Waals surface area contributed by atoms with Crippen molar-refractivity contribution in [2.75, 3.05) is 0 Å². The Hall–Kier alpha value is -1.69. The number of hydrogen-bond acceptors (Lipinski definition) is 5. The lowest BCUT2D eigenvalue weighted by Crippen LogP contribution is -2.36. The third kappa shape index (κ3) is 5.21. The molecule has 0 saturated heterocycles. The Kier molecular flexibility index (Phi) is 7.62. The van der Waals surface area contributed by atoms with Gasteiger partial charge in [0, 0.05) is 6.42 Å². The van der Waals surface area contributed by atoms with E-state index in [0.717, 1.165) is 36.8 Å². The number of hydrogen-bond donors (Lipinski definition) is 3. The predicted octanol–water partition coefficient (Wildman–Crippen LogP) is 5.66. The third-order valence-corrected chi connectivity index (χ3v) is 8.92. The quantitative estimate of drug-likeness (QED) is 0.494. The molecule has 3 saturated carbocycles. The van der Waals surface area contributed by atoms with Crippen molar-refractivity contribution in [3.8, 4) is 0 Å². The van der Waals surface area contributed by atoms with E-state index < -0.39 is 18.3 Å². The Morgan fingerprint density at radius 1 is 1.27 bits per heavy atom. The molecular formula is C28H41NO4. The highest BCUT2D eigenvalue weighted by atomic mass is 16.3. The zero-order chi connectivity index (χ0) is 23.6. The molecule has 4 rings (SSSR count). The van der Waals surface area contributed by atoms with Crippen molar-refractivity contribution in [2.45, 2.75) is 96.4 Å². The molecule has 5 nitrogen and oxygen atoms in total. The first-order valence-electron chi connectivity index (χ1n) is 12.8. The van der Waals surface area contributed by atoms with Gasteiger partial charge < -0.3 is 19.7 Å². The van der Waals surface area contributed by atoms with E-state index in [9.17, 15) is 15.3 Å². The SMILES string of the molecule is C=C1/C(=C\C=C2/CCC[C@]3(C)[C@@H]([C@@H](C)CCC[C@H](O)c4cocn4)CC[C@@H]23)C[C@@H](O)C[C@@H]1O. The van der Waals surface area contributed by atoms with Gasteiger partial charge in [0.2, 0.25) is 0 Å². The van der Waals surface area contributed by atoms with Crippen LogP contribution in [0.3, 0.4) is 0 Å². The van der Waals surface area contributed by atoms with Crippen molar-refractivity contribution < 1.29 is 19.7 Å². The summed E-state index contributed by atoms with van der Waals surface area (Å²) in [5.74, 6) is 1.95. The summed E-state index contributed by atoms with van der Waals surface area (Å²) in [4.78, 5) is 4.07. The van der Waals surface area contributed by atoms with Crippen molar-refractivity contribution in [1.29, 1.82) is 0 Å². The molecule has 1 aromatic rings. The number of rotatable bonds is 7. The molecule has 7 atom stereocenters. The molecule has 0 aliphatic heterocycles. The molecule has 33 heavy (non-hydrogen) atoms. The summed E-state index contributed by atoms with van der Waals surface area (Å²) in [6, 6.07) is 0. The minimum Gasteiger partial charge on any atom is -0.451 e. The van der Waals surface area contributed by atoms with Crippen LogP contribution in [0.15, 0.2) is 52.5 Å². The Morgan fingerprint density at radius 3 is 2.85 bits per heavy atom. The van der Waals surface area contributed by atoms with Gasteiger partial charge in [0.1, 0.15) is 12.0 Å². The summed E-state index contributed by atoms with van der Waals surface area (Å²) in [6.07, 6.45) is 15.7. The summed E-state index contributed by atoms with van der Waals surface area (Å²) >= 11 is 0. The van der Waals surface area contributed by atoms with Crippen LogP contribution in [0, 0.1) is 23.2 Å². The van der Waals surface area contributed by atoms with Gasteiger partial charge in [0.15, 0.2) is 6.39 Å². The summed E-state index contributed by atoms with van der Waals surface area (Å²) in [6.45, 7) is 8.96. The largest absolute Gasteiger partial charge is 0.451 e. The van der Waals surface area contributed by atoms with Crippen molar-refractivity contribution in [3.05, 3.63) is 53.8 Å². The van der Waals surface area contributed by atoms with Gasteiger partial charge >= 0.3 is 0 Å². The smallest absolute Gasteiger partial charge is 0.180 e. The van der Waals surface area contributed by atoms with E-state index in [2.05, 4.69) is 37.6 Å². The molecule has 0 unspecified atom stereocenters. The van der Waals surface area contributed by atoms with Gasteiger partial charge in [-0.1, -0.05) is 51.0 Å². The van der Waals surface area contributed by atoms with E-state index in [4.69, 9.17) is 4.42 Å². The van der Waals surface area contributed by atoms with Gasteiger partial charge in [0.25, 0.3) is 0 Å². The molecule has 0 amide bonds. The van der Waals surface area contributed by atoms with E-state index >= 15 is 0 Å². The van der Waals surface area contributed by atoms with E-state index in [1.54, 1.807) is 0 Å². The molecule has 3 N–H and O–H groups in total. The molecule has 0 radical (unpaired) electrons. The van der Waals surface area contributed by atoms with E-state index in [0.29, 0.717) is 41.7 Å². The summed E-state index contributed by atoms with van der Waals surface area (Å²) in [5.41, 5.74) is 4.26. The van der Waals surface area contributed by atoms with Gasteiger partial charge in [0.05, 0.1) is 18.3 Å². The lowest BCUT2D eigenvalue weighted by Gasteiger charge is -2.44. The molecule has 0 bridgehead atoms. The van der Waals surface area contributed by atoms with Crippen molar-refractivity contribution >= 4 is 0 Å². The molecule has 0 spiro atoms. The normalized spacial score (nSPS) is 36.8. The lowest BCUT2D eigenvalue weighted by atomic mass is 9.60. The second kappa shape index (κ2) is 10.3. The number of fused-ring (bicyclic) bond motifs is 1. The van der Waals surface area contributed by atoms with Gasteiger partial charge in [-0.15, -0.1) is 0 Å². The van der Waals surface area contributed by atoms with Gasteiger partial charge in [-0.2, -0.15) is 0 Å². The maximum Gasteiger partial charge on any atom is 0.180 e.